The molecule has 2 heterocycles. The molecular formula is C20H20N2O2. The van der Waals surface area contributed by atoms with Crippen LogP contribution in [0.15, 0.2) is 48.7 Å². The fourth-order valence-electron chi connectivity index (χ4n) is 3.01. The van der Waals surface area contributed by atoms with Gasteiger partial charge in [0.2, 0.25) is 5.91 Å². The van der Waals surface area contributed by atoms with E-state index in [1.165, 1.54) is 5.56 Å². The maximum atomic E-state index is 12.6. The van der Waals surface area contributed by atoms with Crippen LogP contribution in [0, 0.1) is 0 Å². The van der Waals surface area contributed by atoms with Crippen LogP contribution < -0.4 is 4.74 Å². The van der Waals surface area contributed by atoms with E-state index in [1.807, 2.05) is 41.3 Å². The summed E-state index contributed by atoms with van der Waals surface area (Å²) in [5.41, 5.74) is 3.19. The summed E-state index contributed by atoms with van der Waals surface area (Å²) in [7, 11) is 0. The van der Waals surface area contributed by atoms with Crippen molar-refractivity contribution in [3.63, 3.8) is 0 Å². The molecule has 0 radical (unpaired) electrons. The van der Waals surface area contributed by atoms with Gasteiger partial charge in [-0.15, -0.1) is 0 Å². The first-order chi connectivity index (χ1) is 11.8. The highest BCUT2D eigenvalue weighted by Gasteiger charge is 2.31. The number of aromatic nitrogens is 1. The predicted octanol–water partition coefficient (Wildman–Crippen LogP) is 3.22. The van der Waals surface area contributed by atoms with Gasteiger partial charge in [0.25, 0.3) is 0 Å². The van der Waals surface area contributed by atoms with Crippen molar-refractivity contribution in [3.8, 4) is 5.75 Å². The van der Waals surface area contributed by atoms with Gasteiger partial charge >= 0.3 is 0 Å². The molecule has 4 nitrogen and oxygen atoms in total. The second kappa shape index (κ2) is 6.48. The van der Waals surface area contributed by atoms with Crippen LogP contribution in [0.1, 0.15) is 29.7 Å². The summed E-state index contributed by atoms with van der Waals surface area (Å²) in [6.45, 7) is 1.33. The second-order valence-corrected chi connectivity index (χ2v) is 6.32. The average Bonchev–Trinajstić information content (AvgIpc) is 3.35. The predicted molar refractivity (Wildman–Crippen MR) is 92.5 cm³/mol. The highest BCUT2D eigenvalue weighted by molar-refractivity contribution is 5.92. The number of carbonyl (C=O) groups excluding carboxylic acids is 1. The quantitative estimate of drug-likeness (QED) is 0.794. The van der Waals surface area contributed by atoms with Gasteiger partial charge in [0.1, 0.15) is 5.75 Å². The monoisotopic (exact) mass is 320 g/mol. The van der Waals surface area contributed by atoms with Gasteiger partial charge in [-0.3, -0.25) is 9.78 Å². The molecule has 1 aliphatic carbocycles. The molecule has 0 N–H and O–H groups in total. The number of ether oxygens (including phenoxy) is 1. The molecule has 4 rings (SSSR count). The number of amides is 1. The Morgan fingerprint density at radius 3 is 3.00 bits per heavy atom. The van der Waals surface area contributed by atoms with Gasteiger partial charge in [0.15, 0.2) is 0 Å². The molecule has 1 fully saturated rings. The molecule has 24 heavy (non-hydrogen) atoms. The topological polar surface area (TPSA) is 42.4 Å². The van der Waals surface area contributed by atoms with E-state index in [0.29, 0.717) is 12.6 Å². The van der Waals surface area contributed by atoms with E-state index in [4.69, 9.17) is 4.74 Å². The minimum atomic E-state index is 0.0555. The zero-order chi connectivity index (χ0) is 16.4. The lowest BCUT2D eigenvalue weighted by Gasteiger charge is -2.20. The molecule has 1 aromatic heterocycles. The number of carbonyl (C=O) groups is 1. The van der Waals surface area contributed by atoms with Crippen LogP contribution in [0.3, 0.4) is 0 Å². The number of benzene rings is 1. The summed E-state index contributed by atoms with van der Waals surface area (Å²) in [6, 6.07) is 12.3. The minimum absolute atomic E-state index is 0.0555. The molecular weight excluding hydrogens is 300 g/mol. The maximum absolute atomic E-state index is 12.6. The van der Waals surface area contributed by atoms with E-state index in [9.17, 15) is 4.79 Å². The van der Waals surface area contributed by atoms with Gasteiger partial charge in [0.05, 0.1) is 18.8 Å². The smallest absolute Gasteiger partial charge is 0.247 e. The summed E-state index contributed by atoms with van der Waals surface area (Å²) >= 11 is 0. The minimum Gasteiger partial charge on any atom is -0.493 e. The zero-order valence-corrected chi connectivity index (χ0v) is 13.5. The third-order valence-electron chi connectivity index (χ3n) is 4.46. The number of hydrogen-bond donors (Lipinski definition) is 0. The first kappa shape index (κ1) is 14.9. The molecule has 0 unspecified atom stereocenters. The molecule has 0 spiro atoms. The fraction of sp³-hybridized carbons (Fsp3) is 0.300. The summed E-state index contributed by atoms with van der Waals surface area (Å²) < 4.78 is 5.52. The Hall–Kier alpha value is -2.62. The van der Waals surface area contributed by atoms with Crippen LogP contribution in [0.2, 0.25) is 0 Å². The van der Waals surface area contributed by atoms with Crippen molar-refractivity contribution >= 4 is 12.0 Å². The van der Waals surface area contributed by atoms with E-state index in [0.717, 1.165) is 42.9 Å². The Kier molecular flexibility index (Phi) is 4.03. The van der Waals surface area contributed by atoms with Crippen LogP contribution in [0.5, 0.6) is 5.75 Å². The lowest BCUT2D eigenvalue weighted by atomic mass is 10.1. The Bertz CT molecular complexity index is 766. The molecule has 1 aliphatic heterocycles. The molecule has 0 atom stereocenters. The summed E-state index contributed by atoms with van der Waals surface area (Å²) in [4.78, 5) is 18.9. The van der Waals surface area contributed by atoms with Crippen molar-refractivity contribution in [2.75, 3.05) is 6.61 Å². The molecule has 0 bridgehead atoms. The van der Waals surface area contributed by atoms with Gasteiger partial charge in [0, 0.05) is 24.7 Å². The van der Waals surface area contributed by atoms with Crippen LogP contribution >= 0.6 is 0 Å². The van der Waals surface area contributed by atoms with Crippen molar-refractivity contribution in [2.45, 2.75) is 31.8 Å². The van der Waals surface area contributed by atoms with Crippen molar-refractivity contribution in [2.24, 2.45) is 0 Å². The summed E-state index contributed by atoms with van der Waals surface area (Å²) in [6.07, 6.45) is 8.46. The van der Waals surface area contributed by atoms with Crippen molar-refractivity contribution in [3.05, 3.63) is 65.5 Å². The number of fused-ring (bicyclic) bond motifs is 1. The molecule has 1 aromatic carbocycles. The number of pyridine rings is 1. The first-order valence-electron chi connectivity index (χ1n) is 8.44. The average molecular weight is 320 g/mol. The van der Waals surface area contributed by atoms with Crippen LogP contribution in [-0.2, 0) is 17.8 Å². The van der Waals surface area contributed by atoms with Gasteiger partial charge in [-0.25, -0.2) is 0 Å². The highest BCUT2D eigenvalue weighted by Crippen LogP contribution is 2.29. The van der Waals surface area contributed by atoms with Crippen molar-refractivity contribution in [1.29, 1.82) is 0 Å². The van der Waals surface area contributed by atoms with E-state index in [-0.39, 0.29) is 5.91 Å². The van der Waals surface area contributed by atoms with Crippen LogP contribution in [-0.4, -0.2) is 28.4 Å². The first-order valence-corrected chi connectivity index (χ1v) is 8.44. The number of hydrogen-bond acceptors (Lipinski definition) is 3. The summed E-state index contributed by atoms with van der Waals surface area (Å²) in [5.74, 6) is 1.02. The normalized spacial score (nSPS) is 16.0. The lowest BCUT2D eigenvalue weighted by Crippen LogP contribution is -2.31. The Morgan fingerprint density at radius 1 is 1.29 bits per heavy atom. The van der Waals surface area contributed by atoms with E-state index in [1.54, 1.807) is 12.3 Å². The maximum Gasteiger partial charge on any atom is 0.247 e. The number of nitrogens with zero attached hydrogens (tertiary/aromatic N) is 2. The Labute approximate surface area is 141 Å². The zero-order valence-electron chi connectivity index (χ0n) is 13.5. The fourth-order valence-corrected chi connectivity index (χ4v) is 3.01. The standard InChI is InChI=1S/C20H20N2O2/c23-20(9-5-15-4-8-19-16(13-15)10-12-24-19)22(18-6-7-18)14-17-3-1-2-11-21-17/h1-5,8-9,11,13,18H,6-7,10,12,14H2/b9-5-. The largest absolute Gasteiger partial charge is 0.493 e. The van der Waals surface area contributed by atoms with Crippen LogP contribution in [0.25, 0.3) is 6.08 Å². The van der Waals surface area contributed by atoms with E-state index in [2.05, 4.69) is 11.1 Å². The van der Waals surface area contributed by atoms with Gasteiger partial charge in [-0.1, -0.05) is 12.1 Å². The third kappa shape index (κ3) is 3.32. The number of rotatable bonds is 5. The Morgan fingerprint density at radius 2 is 2.21 bits per heavy atom. The SMILES string of the molecule is O=C(/C=C\c1ccc2c(c1)CCO2)N(Cc1ccccn1)C1CC1. The molecule has 1 amide bonds. The second-order valence-electron chi connectivity index (χ2n) is 6.32. The highest BCUT2D eigenvalue weighted by atomic mass is 16.5. The molecule has 2 aliphatic rings. The van der Waals surface area contributed by atoms with Gasteiger partial charge in [-0.05, 0) is 54.3 Å². The van der Waals surface area contributed by atoms with Gasteiger partial charge < -0.3 is 9.64 Å². The molecule has 2 aromatic rings. The van der Waals surface area contributed by atoms with Crippen LogP contribution in [0.4, 0.5) is 0 Å². The molecule has 4 heteroatoms. The van der Waals surface area contributed by atoms with Crippen molar-refractivity contribution in [1.82, 2.24) is 9.88 Å². The molecule has 122 valence electrons. The molecule has 1 saturated carbocycles. The van der Waals surface area contributed by atoms with Gasteiger partial charge in [-0.2, -0.15) is 0 Å². The van der Waals surface area contributed by atoms with E-state index >= 15 is 0 Å². The molecule has 0 saturated heterocycles. The Balaban J connectivity index is 1.47. The third-order valence-corrected chi connectivity index (χ3v) is 4.46. The van der Waals surface area contributed by atoms with E-state index < -0.39 is 0 Å². The lowest BCUT2D eigenvalue weighted by molar-refractivity contribution is -0.127. The van der Waals surface area contributed by atoms with Crippen molar-refractivity contribution < 1.29 is 9.53 Å². The summed E-state index contributed by atoms with van der Waals surface area (Å²) in [5, 5.41) is 0.